The summed E-state index contributed by atoms with van der Waals surface area (Å²) >= 11 is 6.38. The summed E-state index contributed by atoms with van der Waals surface area (Å²) in [6.07, 6.45) is 5.02. The standard InChI is InChI=1S/C19H20ClN5O2/c1-27-17-11-22-16(10-23-17)25-7-5-24(6-8-25)12-13-9-15(20)14-3-2-4-21-18(14)19(13)26/h2-4,9-11,26H,5-8,12H2,1H3. The fourth-order valence-electron chi connectivity index (χ4n) is 3.31. The van der Waals surface area contributed by atoms with Gasteiger partial charge in [-0.05, 0) is 18.2 Å². The number of methoxy groups -OCH3 is 1. The molecule has 8 heteroatoms. The van der Waals surface area contributed by atoms with E-state index in [1.807, 2.05) is 18.2 Å². The molecule has 0 saturated carbocycles. The molecule has 7 nitrogen and oxygen atoms in total. The second kappa shape index (κ2) is 7.54. The second-order valence-electron chi connectivity index (χ2n) is 6.45. The molecule has 0 atom stereocenters. The van der Waals surface area contributed by atoms with Crippen LogP contribution in [0.15, 0.2) is 36.8 Å². The molecule has 27 heavy (non-hydrogen) atoms. The minimum absolute atomic E-state index is 0.207. The van der Waals surface area contributed by atoms with E-state index in [9.17, 15) is 5.11 Å². The first-order valence-corrected chi connectivity index (χ1v) is 9.12. The SMILES string of the molecule is COc1cnc(N2CCN(Cc3cc(Cl)c4cccnc4c3O)CC2)cn1. The molecule has 2 aromatic heterocycles. The smallest absolute Gasteiger partial charge is 0.232 e. The minimum Gasteiger partial charge on any atom is -0.505 e. The number of halogens is 1. The molecule has 1 saturated heterocycles. The number of ether oxygens (including phenoxy) is 1. The normalized spacial score (nSPS) is 15.3. The Labute approximate surface area is 162 Å². The third kappa shape index (κ3) is 3.61. The van der Waals surface area contributed by atoms with E-state index in [-0.39, 0.29) is 5.75 Å². The van der Waals surface area contributed by atoms with Crippen LogP contribution >= 0.6 is 11.6 Å². The molecule has 140 valence electrons. The molecule has 0 unspecified atom stereocenters. The molecular formula is C19H20ClN5O2. The Balaban J connectivity index is 1.45. The van der Waals surface area contributed by atoms with Crippen molar-refractivity contribution in [1.82, 2.24) is 19.9 Å². The molecule has 3 heterocycles. The average molecular weight is 386 g/mol. The third-order valence-corrected chi connectivity index (χ3v) is 5.12. The second-order valence-corrected chi connectivity index (χ2v) is 6.85. The van der Waals surface area contributed by atoms with Gasteiger partial charge in [0.1, 0.15) is 17.1 Å². The van der Waals surface area contributed by atoms with Gasteiger partial charge in [0.05, 0.1) is 24.5 Å². The van der Waals surface area contributed by atoms with Crippen LogP contribution in [0.2, 0.25) is 5.02 Å². The maximum absolute atomic E-state index is 10.6. The Morgan fingerprint density at radius 1 is 1.15 bits per heavy atom. The van der Waals surface area contributed by atoms with Crippen molar-refractivity contribution in [3.63, 3.8) is 0 Å². The lowest BCUT2D eigenvalue weighted by Gasteiger charge is -2.35. The van der Waals surface area contributed by atoms with Crippen molar-refractivity contribution in [3.8, 4) is 11.6 Å². The lowest BCUT2D eigenvalue weighted by Crippen LogP contribution is -2.46. The highest BCUT2D eigenvalue weighted by molar-refractivity contribution is 6.35. The van der Waals surface area contributed by atoms with Gasteiger partial charge in [-0.2, -0.15) is 0 Å². The molecule has 0 spiro atoms. The van der Waals surface area contributed by atoms with E-state index in [1.165, 1.54) is 0 Å². The summed E-state index contributed by atoms with van der Waals surface area (Å²) in [4.78, 5) is 17.4. The number of phenolic OH excluding ortho intramolecular Hbond substituents is 1. The number of aromatic hydroxyl groups is 1. The van der Waals surface area contributed by atoms with Gasteiger partial charge in [-0.1, -0.05) is 11.6 Å². The highest BCUT2D eigenvalue weighted by atomic mass is 35.5. The number of hydrogen-bond donors (Lipinski definition) is 1. The maximum Gasteiger partial charge on any atom is 0.232 e. The molecule has 3 aromatic rings. The summed E-state index contributed by atoms with van der Waals surface area (Å²) < 4.78 is 5.05. The van der Waals surface area contributed by atoms with Crippen LogP contribution in [-0.4, -0.2) is 58.2 Å². The molecular weight excluding hydrogens is 366 g/mol. The fourth-order valence-corrected chi connectivity index (χ4v) is 3.60. The Hall–Kier alpha value is -2.64. The van der Waals surface area contributed by atoms with E-state index < -0.39 is 0 Å². The van der Waals surface area contributed by atoms with Gasteiger partial charge in [-0.15, -0.1) is 0 Å². The van der Waals surface area contributed by atoms with E-state index in [0.717, 1.165) is 42.9 Å². The molecule has 0 amide bonds. The molecule has 0 aliphatic carbocycles. The van der Waals surface area contributed by atoms with Crippen molar-refractivity contribution in [2.45, 2.75) is 6.54 Å². The van der Waals surface area contributed by atoms with Gasteiger partial charge in [-0.25, -0.2) is 9.97 Å². The topological polar surface area (TPSA) is 74.6 Å². The van der Waals surface area contributed by atoms with Crippen LogP contribution in [0.1, 0.15) is 5.56 Å². The Morgan fingerprint density at radius 3 is 2.67 bits per heavy atom. The number of phenols is 1. The van der Waals surface area contributed by atoms with Gasteiger partial charge in [0.25, 0.3) is 0 Å². The lowest BCUT2D eigenvalue weighted by molar-refractivity contribution is 0.246. The number of anilines is 1. The number of piperazine rings is 1. The van der Waals surface area contributed by atoms with Crippen molar-refractivity contribution >= 4 is 28.3 Å². The van der Waals surface area contributed by atoms with Crippen molar-refractivity contribution < 1.29 is 9.84 Å². The monoisotopic (exact) mass is 385 g/mol. The molecule has 1 aromatic carbocycles. The van der Waals surface area contributed by atoms with E-state index >= 15 is 0 Å². The Morgan fingerprint density at radius 2 is 1.96 bits per heavy atom. The van der Waals surface area contributed by atoms with Crippen LogP contribution < -0.4 is 9.64 Å². The number of nitrogens with zero attached hydrogens (tertiary/aromatic N) is 5. The molecule has 1 aliphatic rings. The summed E-state index contributed by atoms with van der Waals surface area (Å²) in [6.45, 7) is 4.00. The van der Waals surface area contributed by atoms with Gasteiger partial charge in [-0.3, -0.25) is 9.88 Å². The maximum atomic E-state index is 10.6. The van der Waals surface area contributed by atoms with Crippen molar-refractivity contribution in [1.29, 1.82) is 0 Å². The van der Waals surface area contributed by atoms with Gasteiger partial charge < -0.3 is 14.7 Å². The Bertz CT molecular complexity index is 943. The van der Waals surface area contributed by atoms with Crippen LogP contribution in [0.5, 0.6) is 11.6 Å². The van der Waals surface area contributed by atoms with E-state index in [0.29, 0.717) is 23.0 Å². The van der Waals surface area contributed by atoms with Crippen LogP contribution in [0.4, 0.5) is 5.82 Å². The summed E-state index contributed by atoms with van der Waals surface area (Å²) in [7, 11) is 1.58. The van der Waals surface area contributed by atoms with Crippen molar-refractivity contribution in [2.75, 3.05) is 38.2 Å². The molecule has 1 fully saturated rings. The largest absolute Gasteiger partial charge is 0.505 e. The number of hydrogen-bond acceptors (Lipinski definition) is 7. The summed E-state index contributed by atoms with van der Waals surface area (Å²) in [5.74, 6) is 1.56. The average Bonchev–Trinajstić information content (AvgIpc) is 2.72. The predicted molar refractivity (Wildman–Crippen MR) is 104 cm³/mol. The third-order valence-electron chi connectivity index (χ3n) is 4.81. The van der Waals surface area contributed by atoms with E-state index in [4.69, 9.17) is 16.3 Å². The van der Waals surface area contributed by atoms with Crippen molar-refractivity contribution in [3.05, 3.63) is 47.4 Å². The Kier molecular flexibility index (Phi) is 4.96. The number of pyridine rings is 1. The fraction of sp³-hybridized carbons (Fsp3) is 0.316. The highest BCUT2D eigenvalue weighted by Gasteiger charge is 2.20. The summed E-state index contributed by atoms with van der Waals surface area (Å²) in [5.41, 5.74) is 1.34. The molecule has 0 radical (unpaired) electrons. The molecule has 4 rings (SSSR count). The molecule has 1 N–H and O–H groups in total. The zero-order valence-electron chi connectivity index (χ0n) is 15.0. The van der Waals surface area contributed by atoms with Crippen LogP contribution in [-0.2, 0) is 6.54 Å². The van der Waals surface area contributed by atoms with Gasteiger partial charge in [0.2, 0.25) is 5.88 Å². The highest BCUT2D eigenvalue weighted by Crippen LogP contribution is 2.33. The van der Waals surface area contributed by atoms with Gasteiger partial charge in [0.15, 0.2) is 0 Å². The first-order chi connectivity index (χ1) is 13.2. The van der Waals surface area contributed by atoms with E-state index in [2.05, 4.69) is 24.8 Å². The molecule has 0 bridgehead atoms. The summed E-state index contributed by atoms with van der Waals surface area (Å²) in [6, 6.07) is 5.51. The quantitative estimate of drug-likeness (QED) is 0.740. The van der Waals surface area contributed by atoms with Gasteiger partial charge in [0, 0.05) is 49.9 Å². The summed E-state index contributed by atoms with van der Waals surface area (Å²) in [5, 5.41) is 12.0. The van der Waals surface area contributed by atoms with Crippen LogP contribution in [0, 0.1) is 0 Å². The molecule has 1 aliphatic heterocycles. The first-order valence-electron chi connectivity index (χ1n) is 8.74. The number of aromatic nitrogens is 3. The minimum atomic E-state index is 0.207. The lowest BCUT2D eigenvalue weighted by atomic mass is 10.1. The number of rotatable bonds is 4. The predicted octanol–water partition coefficient (Wildman–Crippen LogP) is 2.71. The van der Waals surface area contributed by atoms with Crippen LogP contribution in [0.25, 0.3) is 10.9 Å². The zero-order valence-corrected chi connectivity index (χ0v) is 15.7. The number of benzene rings is 1. The van der Waals surface area contributed by atoms with Crippen molar-refractivity contribution in [2.24, 2.45) is 0 Å². The van der Waals surface area contributed by atoms with Crippen LogP contribution in [0.3, 0.4) is 0 Å². The first kappa shape index (κ1) is 17.8. The zero-order chi connectivity index (χ0) is 18.8. The van der Waals surface area contributed by atoms with Gasteiger partial charge >= 0.3 is 0 Å². The number of fused-ring (bicyclic) bond motifs is 1. The van der Waals surface area contributed by atoms with E-state index in [1.54, 1.807) is 25.7 Å².